The van der Waals surface area contributed by atoms with E-state index < -0.39 is 5.92 Å². The maximum Gasteiger partial charge on any atom is 0.254 e. The minimum absolute atomic E-state index is 0.217. The van der Waals surface area contributed by atoms with Crippen LogP contribution in [0.15, 0.2) is 76.7 Å². The quantitative estimate of drug-likeness (QED) is 0.756. The van der Waals surface area contributed by atoms with Crippen LogP contribution in [0.4, 0.5) is 5.69 Å². The molecule has 2 aromatic rings. The molecule has 6 heteroatoms. The molecular formula is C22H22N4OS. The van der Waals surface area contributed by atoms with Crippen LogP contribution in [-0.4, -0.2) is 16.6 Å². The lowest BCUT2D eigenvalue weighted by Gasteiger charge is -2.29. The van der Waals surface area contributed by atoms with E-state index in [2.05, 4.69) is 28.6 Å². The Hall–Kier alpha value is -3.04. The van der Waals surface area contributed by atoms with E-state index >= 15 is 0 Å². The summed E-state index contributed by atoms with van der Waals surface area (Å²) in [7, 11) is 0. The summed E-state index contributed by atoms with van der Waals surface area (Å²) in [6, 6.07) is 15.4. The van der Waals surface area contributed by atoms with Crippen LogP contribution in [0.5, 0.6) is 0 Å². The summed E-state index contributed by atoms with van der Waals surface area (Å²) >= 11 is 1.61. The van der Waals surface area contributed by atoms with Gasteiger partial charge in [0, 0.05) is 29.4 Å². The third-order valence-corrected chi connectivity index (χ3v) is 5.64. The second-order valence-electron chi connectivity index (χ2n) is 6.40. The van der Waals surface area contributed by atoms with Crippen LogP contribution in [0.1, 0.15) is 31.7 Å². The molecule has 0 aliphatic carbocycles. The van der Waals surface area contributed by atoms with E-state index in [1.165, 1.54) is 0 Å². The highest BCUT2D eigenvalue weighted by Gasteiger charge is 2.34. The maximum absolute atomic E-state index is 13.2. The highest BCUT2D eigenvalue weighted by atomic mass is 32.2. The molecule has 0 radical (unpaired) electrons. The van der Waals surface area contributed by atoms with Crippen molar-refractivity contribution in [3.05, 3.63) is 82.3 Å². The Balaban J connectivity index is 2.04. The zero-order chi connectivity index (χ0) is 19.9. The first kappa shape index (κ1) is 19.7. The van der Waals surface area contributed by atoms with Crippen molar-refractivity contribution in [1.29, 1.82) is 5.26 Å². The number of dihydropyridines is 1. The first-order chi connectivity index (χ1) is 13.7. The van der Waals surface area contributed by atoms with Crippen molar-refractivity contribution in [2.75, 3.05) is 11.1 Å². The van der Waals surface area contributed by atoms with Gasteiger partial charge in [0.05, 0.1) is 22.6 Å². The Morgan fingerprint density at radius 1 is 1.25 bits per heavy atom. The summed E-state index contributed by atoms with van der Waals surface area (Å²) in [4.78, 5) is 17.3. The van der Waals surface area contributed by atoms with Gasteiger partial charge in [-0.05, 0) is 48.9 Å². The summed E-state index contributed by atoms with van der Waals surface area (Å²) in [5, 5.41) is 17.0. The molecule has 3 rings (SSSR count). The lowest BCUT2D eigenvalue weighted by Crippen LogP contribution is -2.30. The molecule has 0 spiro atoms. The number of amides is 1. The SMILES string of the molecule is CCCSC1=C(C#N)[C@H](c2ccncc2)C(C(=O)Nc2ccccc2)=C(C)N1. The fourth-order valence-corrected chi connectivity index (χ4v) is 4.09. The number of aromatic nitrogens is 1. The highest BCUT2D eigenvalue weighted by molar-refractivity contribution is 8.03. The number of carbonyl (C=O) groups excluding carboxylic acids is 1. The molecule has 0 bridgehead atoms. The Kier molecular flexibility index (Phi) is 6.51. The minimum atomic E-state index is -0.433. The molecule has 1 amide bonds. The van der Waals surface area contributed by atoms with Crippen molar-refractivity contribution in [3.8, 4) is 6.07 Å². The Bertz CT molecular complexity index is 946. The number of para-hydroxylation sites is 1. The summed E-state index contributed by atoms with van der Waals surface area (Å²) in [5.74, 6) is 0.248. The Morgan fingerprint density at radius 2 is 1.96 bits per heavy atom. The molecule has 2 N–H and O–H groups in total. The van der Waals surface area contributed by atoms with Crippen LogP contribution in [0.2, 0.25) is 0 Å². The van der Waals surface area contributed by atoms with E-state index in [1.807, 2.05) is 49.4 Å². The number of hydrogen-bond donors (Lipinski definition) is 2. The average Bonchev–Trinajstić information content (AvgIpc) is 2.72. The van der Waals surface area contributed by atoms with Gasteiger partial charge in [-0.15, -0.1) is 11.8 Å². The normalized spacial score (nSPS) is 16.4. The number of rotatable bonds is 6. The van der Waals surface area contributed by atoms with Crippen molar-refractivity contribution in [1.82, 2.24) is 10.3 Å². The molecule has 0 fully saturated rings. The van der Waals surface area contributed by atoms with Crippen molar-refractivity contribution >= 4 is 23.4 Å². The molecule has 1 atom stereocenters. The van der Waals surface area contributed by atoms with Crippen molar-refractivity contribution in [2.24, 2.45) is 0 Å². The molecule has 1 aromatic heterocycles. The van der Waals surface area contributed by atoms with Gasteiger partial charge in [-0.2, -0.15) is 5.26 Å². The van der Waals surface area contributed by atoms with Gasteiger partial charge in [-0.3, -0.25) is 9.78 Å². The van der Waals surface area contributed by atoms with Crippen LogP contribution in [0.25, 0.3) is 0 Å². The third-order valence-electron chi connectivity index (χ3n) is 4.41. The number of hydrogen-bond acceptors (Lipinski definition) is 5. The number of thioether (sulfide) groups is 1. The minimum Gasteiger partial charge on any atom is -0.353 e. The van der Waals surface area contributed by atoms with Gasteiger partial charge in [0.1, 0.15) is 0 Å². The zero-order valence-corrected chi connectivity index (χ0v) is 16.7. The van der Waals surface area contributed by atoms with Crippen LogP contribution >= 0.6 is 11.8 Å². The number of carbonyl (C=O) groups is 1. The van der Waals surface area contributed by atoms with Gasteiger partial charge >= 0.3 is 0 Å². The zero-order valence-electron chi connectivity index (χ0n) is 15.9. The van der Waals surface area contributed by atoms with Gasteiger partial charge in [0.15, 0.2) is 0 Å². The second kappa shape index (κ2) is 9.25. The number of pyridine rings is 1. The standard InChI is InChI=1S/C22H22N4OS/c1-3-13-28-22-18(14-23)20(16-9-11-24-12-10-16)19(15(2)25-22)21(27)26-17-7-5-4-6-8-17/h4-12,20,25H,3,13H2,1-2H3,(H,26,27)/t20-/m0/s1. The Labute approximate surface area is 169 Å². The topological polar surface area (TPSA) is 77.8 Å². The lowest BCUT2D eigenvalue weighted by atomic mass is 9.82. The predicted octanol–water partition coefficient (Wildman–Crippen LogP) is 4.56. The van der Waals surface area contributed by atoms with Gasteiger partial charge in [-0.1, -0.05) is 25.1 Å². The summed E-state index contributed by atoms with van der Waals surface area (Å²) < 4.78 is 0. The molecule has 1 aromatic carbocycles. The van der Waals surface area contributed by atoms with Gasteiger partial charge < -0.3 is 10.6 Å². The second-order valence-corrected chi connectivity index (χ2v) is 7.51. The molecule has 1 aliphatic heterocycles. The fraction of sp³-hybridized carbons (Fsp3) is 0.227. The van der Waals surface area contributed by atoms with Crippen LogP contribution < -0.4 is 10.6 Å². The monoisotopic (exact) mass is 390 g/mol. The third kappa shape index (κ3) is 4.26. The van der Waals surface area contributed by atoms with E-state index in [1.54, 1.807) is 24.2 Å². The van der Waals surface area contributed by atoms with Crippen LogP contribution in [0, 0.1) is 11.3 Å². The average molecular weight is 391 g/mol. The molecule has 142 valence electrons. The number of anilines is 1. The number of nitrogens with one attached hydrogen (secondary N) is 2. The molecule has 5 nitrogen and oxygen atoms in total. The number of allylic oxidation sites excluding steroid dienone is 2. The smallest absolute Gasteiger partial charge is 0.254 e. The molecular weight excluding hydrogens is 368 g/mol. The molecule has 0 unspecified atom stereocenters. The first-order valence-corrected chi connectivity index (χ1v) is 10.2. The maximum atomic E-state index is 13.2. The van der Waals surface area contributed by atoms with Crippen molar-refractivity contribution in [2.45, 2.75) is 26.2 Å². The van der Waals surface area contributed by atoms with E-state index in [0.29, 0.717) is 11.1 Å². The molecule has 1 aliphatic rings. The van der Waals surface area contributed by atoms with Crippen LogP contribution in [0.3, 0.4) is 0 Å². The fourth-order valence-electron chi connectivity index (χ4n) is 3.14. The van der Waals surface area contributed by atoms with Crippen molar-refractivity contribution in [3.63, 3.8) is 0 Å². The van der Waals surface area contributed by atoms with E-state index in [4.69, 9.17) is 0 Å². The largest absolute Gasteiger partial charge is 0.353 e. The highest BCUT2D eigenvalue weighted by Crippen LogP contribution is 2.40. The molecule has 28 heavy (non-hydrogen) atoms. The predicted molar refractivity (Wildman–Crippen MR) is 113 cm³/mol. The van der Waals surface area contributed by atoms with Gasteiger partial charge in [0.2, 0.25) is 0 Å². The number of benzene rings is 1. The van der Waals surface area contributed by atoms with Gasteiger partial charge in [0.25, 0.3) is 5.91 Å². The summed E-state index contributed by atoms with van der Waals surface area (Å²) in [5.41, 5.74) is 3.46. The van der Waals surface area contributed by atoms with E-state index in [9.17, 15) is 10.1 Å². The van der Waals surface area contributed by atoms with Crippen LogP contribution in [-0.2, 0) is 4.79 Å². The summed E-state index contributed by atoms with van der Waals surface area (Å²) in [6.45, 7) is 3.99. The van der Waals surface area contributed by atoms with E-state index in [-0.39, 0.29) is 5.91 Å². The molecule has 0 saturated heterocycles. The van der Waals surface area contributed by atoms with E-state index in [0.717, 1.165) is 34.2 Å². The summed E-state index contributed by atoms with van der Waals surface area (Å²) in [6.07, 6.45) is 4.37. The first-order valence-electron chi connectivity index (χ1n) is 9.16. The molecule has 0 saturated carbocycles. The number of nitrogens with zero attached hydrogens (tertiary/aromatic N) is 2. The molecule has 2 heterocycles. The van der Waals surface area contributed by atoms with Gasteiger partial charge in [-0.25, -0.2) is 0 Å². The Morgan fingerprint density at radius 3 is 2.61 bits per heavy atom. The number of nitriles is 1. The lowest BCUT2D eigenvalue weighted by molar-refractivity contribution is -0.113. The van der Waals surface area contributed by atoms with Crippen molar-refractivity contribution < 1.29 is 4.79 Å².